The third kappa shape index (κ3) is 6.22. The maximum Gasteiger partial charge on any atom is 0.180 e. The number of aromatic nitrogens is 5. The van der Waals surface area contributed by atoms with Crippen molar-refractivity contribution in [3.8, 4) is 78.8 Å². The number of benzene rings is 7. The van der Waals surface area contributed by atoms with Gasteiger partial charge in [0.25, 0.3) is 0 Å². The maximum absolute atomic E-state index is 6.44. The van der Waals surface area contributed by atoms with E-state index in [0.29, 0.717) is 28.8 Å². The standard InChI is InChI=1S/C49H31N5O/c1-4-14-32(15-5-1)35-20-12-22-37(26-35)39-28-40(44-46-45(51-31-50-44)42-24-10-11-25-43(42)55-46)30-41(29-39)49-53-47(34-18-8-3-9-19-34)52-48(54-49)38-23-13-21-36(27-38)33-16-6-2-7-17-33/h1-31H. The van der Waals surface area contributed by atoms with Gasteiger partial charge in [0.15, 0.2) is 23.1 Å². The molecule has 6 heteroatoms. The lowest BCUT2D eigenvalue weighted by Crippen LogP contribution is -2.01. The maximum atomic E-state index is 6.44. The minimum atomic E-state index is 0.547. The molecule has 10 rings (SSSR count). The summed E-state index contributed by atoms with van der Waals surface area (Å²) in [5, 5.41) is 0.945. The highest BCUT2D eigenvalue weighted by Gasteiger charge is 2.19. The Morgan fingerprint density at radius 1 is 0.327 bits per heavy atom. The Kier molecular flexibility index (Phi) is 8.04. The monoisotopic (exact) mass is 705 g/mol. The normalized spacial score (nSPS) is 11.3. The Labute approximate surface area is 317 Å². The van der Waals surface area contributed by atoms with Gasteiger partial charge in [0.2, 0.25) is 0 Å². The summed E-state index contributed by atoms with van der Waals surface area (Å²) < 4.78 is 6.44. The van der Waals surface area contributed by atoms with Crippen LogP contribution in [0.5, 0.6) is 0 Å². The van der Waals surface area contributed by atoms with E-state index in [1.54, 1.807) is 6.33 Å². The second-order valence-electron chi connectivity index (χ2n) is 13.4. The molecule has 258 valence electrons. The predicted molar refractivity (Wildman–Crippen MR) is 221 cm³/mol. The van der Waals surface area contributed by atoms with Crippen LogP contribution in [0.25, 0.3) is 101 Å². The summed E-state index contributed by atoms with van der Waals surface area (Å²) in [6, 6.07) is 62.1. The molecule has 3 heterocycles. The number of para-hydroxylation sites is 1. The fraction of sp³-hybridized carbons (Fsp3) is 0. The van der Waals surface area contributed by atoms with Crippen LogP contribution in [0.4, 0.5) is 0 Å². The van der Waals surface area contributed by atoms with E-state index in [4.69, 9.17) is 24.4 Å². The zero-order chi connectivity index (χ0) is 36.6. The molecule has 55 heavy (non-hydrogen) atoms. The largest absolute Gasteiger partial charge is 0.452 e. The third-order valence-electron chi connectivity index (χ3n) is 9.82. The Bertz CT molecular complexity index is 2980. The van der Waals surface area contributed by atoms with E-state index in [9.17, 15) is 0 Å². The van der Waals surface area contributed by atoms with Crippen LogP contribution in [0.15, 0.2) is 193 Å². The highest BCUT2D eigenvalue weighted by Crippen LogP contribution is 2.38. The highest BCUT2D eigenvalue weighted by molar-refractivity contribution is 6.06. The number of nitrogens with zero attached hydrogens (tertiary/aromatic N) is 5. The van der Waals surface area contributed by atoms with E-state index in [0.717, 1.165) is 72.1 Å². The molecule has 0 atom stereocenters. The Balaban J connectivity index is 1.20. The molecule has 0 aliphatic rings. The van der Waals surface area contributed by atoms with Crippen molar-refractivity contribution in [3.05, 3.63) is 188 Å². The fourth-order valence-corrected chi connectivity index (χ4v) is 7.12. The van der Waals surface area contributed by atoms with Crippen LogP contribution in [0.3, 0.4) is 0 Å². The molecular formula is C49H31N5O. The first-order chi connectivity index (χ1) is 27.2. The van der Waals surface area contributed by atoms with Crippen LogP contribution in [0.1, 0.15) is 0 Å². The zero-order valence-electron chi connectivity index (χ0n) is 29.5. The lowest BCUT2D eigenvalue weighted by Gasteiger charge is -2.13. The van der Waals surface area contributed by atoms with Gasteiger partial charge in [-0.15, -0.1) is 0 Å². The summed E-state index contributed by atoms with van der Waals surface area (Å²) >= 11 is 0. The van der Waals surface area contributed by atoms with Crippen molar-refractivity contribution < 1.29 is 4.42 Å². The molecule has 10 aromatic rings. The molecule has 0 unspecified atom stereocenters. The van der Waals surface area contributed by atoms with Crippen LogP contribution in [0.2, 0.25) is 0 Å². The molecule has 0 saturated heterocycles. The highest BCUT2D eigenvalue weighted by atomic mass is 16.3. The summed E-state index contributed by atoms with van der Waals surface area (Å²) in [4.78, 5) is 24.8. The van der Waals surface area contributed by atoms with E-state index in [2.05, 4.69) is 108 Å². The van der Waals surface area contributed by atoms with Gasteiger partial charge in [0, 0.05) is 27.6 Å². The molecule has 0 spiro atoms. The zero-order valence-corrected chi connectivity index (χ0v) is 29.5. The fourth-order valence-electron chi connectivity index (χ4n) is 7.12. The SMILES string of the molecule is c1ccc(-c2cccc(-c3cc(-c4nc(-c5ccccc5)nc(-c5cccc(-c6ccccc6)c5)n4)cc(-c4ncnc5c4oc4ccccc45)c3)c2)cc1. The number of hydrogen-bond donors (Lipinski definition) is 0. The lowest BCUT2D eigenvalue weighted by atomic mass is 9.95. The van der Waals surface area contributed by atoms with Gasteiger partial charge in [-0.3, -0.25) is 0 Å². The van der Waals surface area contributed by atoms with Crippen LogP contribution in [0, 0.1) is 0 Å². The second-order valence-corrected chi connectivity index (χ2v) is 13.4. The van der Waals surface area contributed by atoms with Gasteiger partial charge in [0.05, 0.1) is 0 Å². The Morgan fingerprint density at radius 3 is 1.45 bits per heavy atom. The quantitative estimate of drug-likeness (QED) is 0.164. The first-order valence-electron chi connectivity index (χ1n) is 18.1. The molecule has 0 aliphatic heterocycles. The minimum absolute atomic E-state index is 0.547. The smallest absolute Gasteiger partial charge is 0.180 e. The van der Waals surface area contributed by atoms with E-state index >= 15 is 0 Å². The number of rotatable bonds is 7. The van der Waals surface area contributed by atoms with Gasteiger partial charge in [0.1, 0.15) is 23.1 Å². The summed E-state index contributed by atoms with van der Waals surface area (Å²) in [5.41, 5.74) is 12.8. The third-order valence-corrected chi connectivity index (χ3v) is 9.82. The molecule has 0 fully saturated rings. The first-order valence-corrected chi connectivity index (χ1v) is 18.1. The van der Waals surface area contributed by atoms with E-state index in [1.807, 2.05) is 78.9 Å². The molecule has 0 saturated carbocycles. The summed E-state index contributed by atoms with van der Waals surface area (Å²) in [7, 11) is 0. The lowest BCUT2D eigenvalue weighted by molar-refractivity contribution is 0.667. The van der Waals surface area contributed by atoms with Gasteiger partial charge < -0.3 is 4.42 Å². The average Bonchev–Trinajstić information content (AvgIpc) is 3.66. The average molecular weight is 706 g/mol. The Morgan fingerprint density at radius 2 is 0.782 bits per heavy atom. The molecule has 0 radical (unpaired) electrons. The molecule has 0 amide bonds. The summed E-state index contributed by atoms with van der Waals surface area (Å²) in [5.74, 6) is 1.72. The van der Waals surface area contributed by atoms with E-state index in [1.165, 1.54) is 0 Å². The molecule has 6 nitrogen and oxygen atoms in total. The van der Waals surface area contributed by atoms with Crippen molar-refractivity contribution in [3.63, 3.8) is 0 Å². The van der Waals surface area contributed by atoms with Crippen molar-refractivity contribution in [2.45, 2.75) is 0 Å². The van der Waals surface area contributed by atoms with Crippen LogP contribution >= 0.6 is 0 Å². The predicted octanol–water partition coefficient (Wildman–Crippen LogP) is 12.2. The van der Waals surface area contributed by atoms with Gasteiger partial charge >= 0.3 is 0 Å². The van der Waals surface area contributed by atoms with Crippen molar-refractivity contribution in [1.29, 1.82) is 0 Å². The van der Waals surface area contributed by atoms with Crippen LogP contribution in [-0.2, 0) is 0 Å². The van der Waals surface area contributed by atoms with Gasteiger partial charge in [-0.1, -0.05) is 140 Å². The van der Waals surface area contributed by atoms with E-state index in [-0.39, 0.29) is 0 Å². The van der Waals surface area contributed by atoms with Crippen molar-refractivity contribution in [1.82, 2.24) is 24.9 Å². The molecule has 7 aromatic carbocycles. The summed E-state index contributed by atoms with van der Waals surface area (Å²) in [6.07, 6.45) is 1.61. The number of furan rings is 1. The minimum Gasteiger partial charge on any atom is -0.452 e. The van der Waals surface area contributed by atoms with Gasteiger partial charge in [-0.25, -0.2) is 24.9 Å². The van der Waals surface area contributed by atoms with Crippen molar-refractivity contribution in [2.75, 3.05) is 0 Å². The molecule has 0 aliphatic carbocycles. The van der Waals surface area contributed by atoms with Crippen LogP contribution in [-0.4, -0.2) is 24.9 Å². The van der Waals surface area contributed by atoms with E-state index < -0.39 is 0 Å². The topological polar surface area (TPSA) is 77.6 Å². The van der Waals surface area contributed by atoms with Crippen molar-refractivity contribution in [2.24, 2.45) is 0 Å². The molecule has 0 N–H and O–H groups in total. The van der Waals surface area contributed by atoms with Crippen molar-refractivity contribution >= 4 is 22.1 Å². The van der Waals surface area contributed by atoms with Gasteiger partial charge in [-0.2, -0.15) is 0 Å². The summed E-state index contributed by atoms with van der Waals surface area (Å²) in [6.45, 7) is 0. The second kappa shape index (κ2) is 13.8. The molecule has 0 bridgehead atoms. The number of fused-ring (bicyclic) bond motifs is 3. The Hall–Kier alpha value is -7.57. The number of hydrogen-bond acceptors (Lipinski definition) is 6. The molecular weight excluding hydrogens is 675 g/mol. The van der Waals surface area contributed by atoms with Crippen LogP contribution < -0.4 is 0 Å². The molecule has 3 aromatic heterocycles. The first kappa shape index (κ1) is 32.1. The van der Waals surface area contributed by atoms with Gasteiger partial charge in [-0.05, 0) is 75.8 Å².